The largest absolute Gasteiger partial charge is 0.514 e. The summed E-state index contributed by atoms with van der Waals surface area (Å²) in [4.78, 5) is 11.4. The highest BCUT2D eigenvalue weighted by molar-refractivity contribution is 6.17. The van der Waals surface area contributed by atoms with Crippen molar-refractivity contribution in [2.75, 3.05) is 34.3 Å². The van der Waals surface area contributed by atoms with Crippen LogP contribution in [0.1, 0.15) is 5.56 Å². The van der Waals surface area contributed by atoms with Crippen LogP contribution in [-0.2, 0) is 10.6 Å². The maximum Gasteiger partial charge on any atom is 0.514 e. The molecular formula is C13H19ClNO3+. The number of benzene rings is 1. The molecule has 1 aromatic rings. The number of hydrogen-bond acceptors (Lipinski definition) is 3. The van der Waals surface area contributed by atoms with Crippen LogP contribution in [0.5, 0.6) is 5.75 Å². The highest BCUT2D eigenvalue weighted by Gasteiger charge is 2.10. The van der Waals surface area contributed by atoms with Crippen molar-refractivity contribution in [3.05, 3.63) is 29.8 Å². The van der Waals surface area contributed by atoms with Crippen molar-refractivity contribution < 1.29 is 18.8 Å². The van der Waals surface area contributed by atoms with Gasteiger partial charge in [0, 0.05) is 5.88 Å². The van der Waals surface area contributed by atoms with Gasteiger partial charge in [0.2, 0.25) is 0 Å². The van der Waals surface area contributed by atoms with E-state index in [9.17, 15) is 4.79 Å². The van der Waals surface area contributed by atoms with Crippen molar-refractivity contribution in [2.45, 2.75) is 5.88 Å². The topological polar surface area (TPSA) is 35.5 Å². The fourth-order valence-electron chi connectivity index (χ4n) is 1.18. The van der Waals surface area contributed by atoms with E-state index in [1.165, 1.54) is 0 Å². The van der Waals surface area contributed by atoms with Gasteiger partial charge in [-0.2, -0.15) is 0 Å². The molecule has 0 spiro atoms. The Morgan fingerprint density at radius 2 is 1.83 bits per heavy atom. The second kappa shape index (κ2) is 6.61. The summed E-state index contributed by atoms with van der Waals surface area (Å²) in [5.74, 6) is 0.896. The molecule has 0 aliphatic rings. The number of halogens is 1. The molecule has 0 fully saturated rings. The Morgan fingerprint density at radius 1 is 1.22 bits per heavy atom. The molecule has 0 aromatic heterocycles. The van der Waals surface area contributed by atoms with Crippen LogP contribution in [0.4, 0.5) is 4.79 Å². The van der Waals surface area contributed by atoms with Crippen molar-refractivity contribution in [2.24, 2.45) is 0 Å². The summed E-state index contributed by atoms with van der Waals surface area (Å²) in [6.45, 7) is 1.07. The predicted molar refractivity (Wildman–Crippen MR) is 70.9 cm³/mol. The summed E-state index contributed by atoms with van der Waals surface area (Å²) < 4.78 is 10.7. The summed E-state index contributed by atoms with van der Waals surface area (Å²) in [6.07, 6.45) is -0.679. The van der Waals surface area contributed by atoms with Gasteiger partial charge in [-0.3, -0.25) is 0 Å². The van der Waals surface area contributed by atoms with Crippen LogP contribution in [-0.4, -0.2) is 44.9 Å². The van der Waals surface area contributed by atoms with Gasteiger partial charge in [-0.1, -0.05) is 12.1 Å². The molecule has 0 aliphatic heterocycles. The highest BCUT2D eigenvalue weighted by atomic mass is 35.5. The molecular weight excluding hydrogens is 254 g/mol. The third-order valence-corrected chi connectivity index (χ3v) is 2.57. The maximum atomic E-state index is 11.4. The van der Waals surface area contributed by atoms with E-state index in [-0.39, 0.29) is 0 Å². The normalized spacial score (nSPS) is 11.1. The van der Waals surface area contributed by atoms with E-state index < -0.39 is 6.16 Å². The van der Waals surface area contributed by atoms with Crippen LogP contribution in [0.15, 0.2) is 24.3 Å². The molecule has 0 heterocycles. The Labute approximate surface area is 113 Å². The van der Waals surface area contributed by atoms with Crippen LogP contribution in [0.3, 0.4) is 0 Å². The van der Waals surface area contributed by atoms with E-state index in [0.717, 1.165) is 16.6 Å². The van der Waals surface area contributed by atoms with Gasteiger partial charge in [0.25, 0.3) is 0 Å². The average Bonchev–Trinajstić information content (AvgIpc) is 2.28. The molecule has 1 aromatic carbocycles. The number of hydrogen-bond donors (Lipinski definition) is 0. The monoisotopic (exact) mass is 272 g/mol. The molecule has 0 bridgehead atoms. The van der Waals surface area contributed by atoms with Gasteiger partial charge in [0.15, 0.2) is 0 Å². The molecule has 5 heteroatoms. The number of carbonyl (C=O) groups excluding carboxylic acids is 1. The van der Waals surface area contributed by atoms with Crippen LogP contribution >= 0.6 is 11.6 Å². The molecule has 0 amide bonds. The van der Waals surface area contributed by atoms with Gasteiger partial charge in [-0.05, 0) is 17.7 Å². The van der Waals surface area contributed by atoms with Crippen LogP contribution in [0.25, 0.3) is 0 Å². The summed E-state index contributed by atoms with van der Waals surface area (Å²) >= 11 is 5.66. The van der Waals surface area contributed by atoms with E-state index in [1.54, 1.807) is 12.1 Å². The van der Waals surface area contributed by atoms with Crippen molar-refractivity contribution in [1.29, 1.82) is 0 Å². The second-order valence-electron chi connectivity index (χ2n) is 4.99. The van der Waals surface area contributed by atoms with E-state index in [1.807, 2.05) is 33.3 Å². The molecule has 0 atom stereocenters. The molecule has 100 valence electrons. The number of quaternary nitrogens is 1. The van der Waals surface area contributed by atoms with Gasteiger partial charge >= 0.3 is 6.16 Å². The molecule has 1 rings (SSSR count). The van der Waals surface area contributed by atoms with Gasteiger partial charge in [-0.25, -0.2) is 4.79 Å². The Kier molecular flexibility index (Phi) is 5.44. The number of ether oxygens (including phenoxy) is 2. The van der Waals surface area contributed by atoms with Gasteiger partial charge < -0.3 is 14.0 Å². The molecule has 0 saturated carbocycles. The van der Waals surface area contributed by atoms with Gasteiger partial charge in [0.1, 0.15) is 18.9 Å². The standard InChI is InChI=1S/C13H19ClNO3/c1-15(2,3)8-9-17-13(16)18-12-6-4-11(10-14)5-7-12/h4-7H,8-10H2,1-3H3/q+1. The minimum atomic E-state index is -0.679. The van der Waals surface area contributed by atoms with E-state index >= 15 is 0 Å². The first-order chi connectivity index (χ1) is 8.40. The van der Waals surface area contributed by atoms with E-state index in [4.69, 9.17) is 21.1 Å². The molecule has 0 unspecified atom stereocenters. The van der Waals surface area contributed by atoms with Crippen molar-refractivity contribution in [3.8, 4) is 5.75 Å². The molecule has 4 nitrogen and oxygen atoms in total. The highest BCUT2D eigenvalue weighted by Crippen LogP contribution is 2.14. The zero-order valence-electron chi connectivity index (χ0n) is 11.0. The first-order valence-corrected chi connectivity index (χ1v) is 6.24. The Morgan fingerprint density at radius 3 is 2.33 bits per heavy atom. The van der Waals surface area contributed by atoms with Crippen LogP contribution < -0.4 is 4.74 Å². The zero-order chi connectivity index (χ0) is 13.6. The number of rotatable bonds is 5. The maximum absolute atomic E-state index is 11.4. The minimum Gasteiger partial charge on any atom is -0.428 e. The summed E-state index contributed by atoms with van der Waals surface area (Å²) in [7, 11) is 6.08. The average molecular weight is 273 g/mol. The number of likely N-dealkylation sites (N-methyl/N-ethyl adjacent to an activating group) is 1. The van der Waals surface area contributed by atoms with E-state index in [0.29, 0.717) is 18.2 Å². The number of carbonyl (C=O) groups is 1. The van der Waals surface area contributed by atoms with Crippen molar-refractivity contribution in [3.63, 3.8) is 0 Å². The Hall–Kier alpha value is -1.26. The fraction of sp³-hybridized carbons (Fsp3) is 0.462. The van der Waals surface area contributed by atoms with E-state index in [2.05, 4.69) is 0 Å². The van der Waals surface area contributed by atoms with Gasteiger partial charge in [0.05, 0.1) is 21.1 Å². The lowest BCUT2D eigenvalue weighted by Crippen LogP contribution is -2.38. The van der Waals surface area contributed by atoms with Gasteiger partial charge in [-0.15, -0.1) is 11.6 Å². The Bertz CT molecular complexity index is 384. The summed E-state index contributed by atoms with van der Waals surface area (Å²) in [5.41, 5.74) is 0.974. The lowest BCUT2D eigenvalue weighted by atomic mass is 10.2. The first kappa shape index (κ1) is 14.8. The number of alkyl halides is 1. The first-order valence-electron chi connectivity index (χ1n) is 5.71. The third-order valence-electron chi connectivity index (χ3n) is 2.26. The Balaban J connectivity index is 2.35. The minimum absolute atomic E-state index is 0.335. The summed E-state index contributed by atoms with van der Waals surface area (Å²) in [5, 5.41) is 0. The van der Waals surface area contributed by atoms with Crippen molar-refractivity contribution >= 4 is 17.8 Å². The van der Waals surface area contributed by atoms with Crippen LogP contribution in [0, 0.1) is 0 Å². The molecule has 18 heavy (non-hydrogen) atoms. The smallest absolute Gasteiger partial charge is 0.428 e. The SMILES string of the molecule is C[N+](C)(C)CCOC(=O)Oc1ccc(CCl)cc1. The molecule has 0 aliphatic carbocycles. The van der Waals surface area contributed by atoms with Crippen LogP contribution in [0.2, 0.25) is 0 Å². The molecule has 0 saturated heterocycles. The third kappa shape index (κ3) is 5.89. The molecule has 0 N–H and O–H groups in total. The predicted octanol–water partition coefficient (Wildman–Crippen LogP) is 2.65. The lowest BCUT2D eigenvalue weighted by molar-refractivity contribution is -0.870. The fourth-order valence-corrected chi connectivity index (χ4v) is 1.35. The molecule has 0 radical (unpaired) electrons. The lowest BCUT2D eigenvalue weighted by Gasteiger charge is -2.23. The second-order valence-corrected chi connectivity index (χ2v) is 5.26. The van der Waals surface area contributed by atoms with Crippen molar-refractivity contribution in [1.82, 2.24) is 0 Å². The zero-order valence-corrected chi connectivity index (χ0v) is 11.7. The summed E-state index contributed by atoms with van der Waals surface area (Å²) in [6, 6.07) is 7.00. The number of nitrogens with zero attached hydrogens (tertiary/aromatic N) is 1. The quantitative estimate of drug-likeness (QED) is 0.358.